The lowest BCUT2D eigenvalue weighted by Gasteiger charge is -2.26. The molecule has 3 nitrogen and oxygen atoms in total. The summed E-state index contributed by atoms with van der Waals surface area (Å²) in [7, 11) is 0. The average Bonchev–Trinajstić information content (AvgIpc) is 2.68. The Labute approximate surface area is 155 Å². The fourth-order valence-electron chi connectivity index (χ4n) is 3.04. The van der Waals surface area contributed by atoms with Crippen LogP contribution in [0.4, 0.5) is 11.4 Å². The first-order valence-electron chi connectivity index (χ1n) is 9.24. The van der Waals surface area contributed by atoms with Crippen molar-refractivity contribution in [3.63, 3.8) is 0 Å². The summed E-state index contributed by atoms with van der Waals surface area (Å²) < 4.78 is 0. The van der Waals surface area contributed by atoms with Crippen LogP contribution in [0.3, 0.4) is 0 Å². The van der Waals surface area contributed by atoms with E-state index in [1.54, 1.807) is 11.1 Å². The Morgan fingerprint density at radius 3 is 2.35 bits per heavy atom. The Balaban J connectivity index is 2.04. The third kappa shape index (κ3) is 3.48. The van der Waals surface area contributed by atoms with Crippen molar-refractivity contribution in [3.8, 4) is 0 Å². The molecule has 1 amide bonds. The van der Waals surface area contributed by atoms with Crippen molar-refractivity contribution in [1.29, 1.82) is 0 Å². The number of hydrogen-bond donors (Lipinski definition) is 0. The molecule has 26 heavy (non-hydrogen) atoms. The molecule has 1 aromatic heterocycles. The molecule has 0 aliphatic rings. The Bertz CT molecular complexity index is 913. The number of rotatable bonds is 5. The molecule has 0 saturated carbocycles. The number of pyridine rings is 1. The molecular formula is C23H26N2O. The summed E-state index contributed by atoms with van der Waals surface area (Å²) in [5.74, 6) is 0.0598. The first-order valence-corrected chi connectivity index (χ1v) is 9.24. The molecule has 3 heteroatoms. The van der Waals surface area contributed by atoms with Crippen molar-refractivity contribution in [1.82, 2.24) is 4.98 Å². The number of carbonyl (C=O) groups excluding carboxylic acids is 1. The van der Waals surface area contributed by atoms with Crippen molar-refractivity contribution < 1.29 is 4.79 Å². The molecule has 0 saturated heterocycles. The van der Waals surface area contributed by atoms with Gasteiger partial charge in [0.2, 0.25) is 5.91 Å². The topological polar surface area (TPSA) is 33.2 Å². The van der Waals surface area contributed by atoms with Gasteiger partial charge in [-0.15, -0.1) is 0 Å². The number of amides is 1. The summed E-state index contributed by atoms with van der Waals surface area (Å²) in [4.78, 5) is 19.0. The lowest BCUT2D eigenvalue weighted by atomic mass is 9.82. The van der Waals surface area contributed by atoms with Crippen LogP contribution >= 0.6 is 0 Å². The van der Waals surface area contributed by atoms with Gasteiger partial charge in [-0.1, -0.05) is 58.0 Å². The van der Waals surface area contributed by atoms with Crippen LogP contribution in [0, 0.1) is 0 Å². The van der Waals surface area contributed by atoms with Gasteiger partial charge in [0, 0.05) is 17.5 Å². The smallest absolute Gasteiger partial charge is 0.231 e. The molecule has 2 aromatic carbocycles. The van der Waals surface area contributed by atoms with Crippen LogP contribution in [0.1, 0.15) is 46.1 Å². The second-order valence-corrected chi connectivity index (χ2v) is 7.25. The number of hydrogen-bond acceptors (Lipinski definition) is 2. The molecule has 0 spiro atoms. The molecule has 0 aliphatic heterocycles. The molecule has 134 valence electrons. The van der Waals surface area contributed by atoms with E-state index in [-0.39, 0.29) is 11.3 Å². The van der Waals surface area contributed by atoms with Crippen molar-refractivity contribution in [2.45, 2.75) is 46.0 Å². The van der Waals surface area contributed by atoms with E-state index in [0.717, 1.165) is 28.7 Å². The second-order valence-electron chi connectivity index (χ2n) is 7.25. The molecule has 0 radical (unpaired) electrons. The fraction of sp³-hybridized carbons (Fsp3) is 0.304. The minimum atomic E-state index is 0.0598. The normalized spacial score (nSPS) is 11.5. The molecular weight excluding hydrogens is 320 g/mol. The molecule has 0 N–H and O–H groups in total. The first-order chi connectivity index (χ1) is 12.5. The number of fused-ring (bicyclic) bond motifs is 1. The monoisotopic (exact) mass is 346 g/mol. The van der Waals surface area contributed by atoms with E-state index in [1.807, 2.05) is 49.4 Å². The van der Waals surface area contributed by atoms with Crippen LogP contribution in [0.25, 0.3) is 10.9 Å². The van der Waals surface area contributed by atoms with E-state index >= 15 is 0 Å². The van der Waals surface area contributed by atoms with Crippen LogP contribution in [0.15, 0.2) is 60.8 Å². The molecule has 0 bridgehead atoms. The van der Waals surface area contributed by atoms with Gasteiger partial charge in [-0.2, -0.15) is 0 Å². The lowest BCUT2D eigenvalue weighted by molar-refractivity contribution is -0.117. The van der Waals surface area contributed by atoms with Gasteiger partial charge in [0.15, 0.2) is 0 Å². The molecule has 1 heterocycles. The summed E-state index contributed by atoms with van der Waals surface area (Å²) in [5, 5.41) is 1.03. The maximum absolute atomic E-state index is 12.7. The van der Waals surface area contributed by atoms with E-state index in [0.29, 0.717) is 6.42 Å². The number of anilines is 2. The largest absolute Gasteiger partial charge is 0.280 e. The standard InChI is InChI=1S/C23H26N2O/c1-5-22(26)25(19-13-11-18(12-14-19)23(3,4)6-2)20-15-17-9-7-8-10-21(17)24-16-20/h7-16H,5-6H2,1-4H3. The molecule has 0 atom stereocenters. The van der Waals surface area contributed by atoms with Crippen LogP contribution in [-0.4, -0.2) is 10.9 Å². The predicted octanol–water partition coefficient (Wildman–Crippen LogP) is 6.00. The number of aromatic nitrogens is 1. The van der Waals surface area contributed by atoms with Gasteiger partial charge in [-0.25, -0.2) is 0 Å². The van der Waals surface area contributed by atoms with Gasteiger partial charge < -0.3 is 0 Å². The average molecular weight is 346 g/mol. The Morgan fingerprint density at radius 2 is 1.69 bits per heavy atom. The van der Waals surface area contributed by atoms with Crippen LogP contribution < -0.4 is 4.90 Å². The summed E-state index contributed by atoms with van der Waals surface area (Å²) in [6.07, 6.45) is 3.29. The van der Waals surface area contributed by atoms with Gasteiger partial charge in [0.05, 0.1) is 17.4 Å². The quantitative estimate of drug-likeness (QED) is 0.568. The van der Waals surface area contributed by atoms with Crippen molar-refractivity contribution in [3.05, 3.63) is 66.4 Å². The SMILES string of the molecule is CCC(=O)N(c1ccc(C(C)(C)CC)cc1)c1cnc2ccccc2c1. The van der Waals surface area contributed by atoms with E-state index in [2.05, 4.69) is 37.9 Å². The van der Waals surface area contributed by atoms with E-state index in [9.17, 15) is 4.79 Å². The van der Waals surface area contributed by atoms with Gasteiger partial charge in [-0.3, -0.25) is 14.7 Å². The highest BCUT2D eigenvalue weighted by atomic mass is 16.2. The molecule has 0 aliphatic carbocycles. The summed E-state index contributed by atoms with van der Waals surface area (Å²) in [6, 6.07) is 18.3. The maximum Gasteiger partial charge on any atom is 0.231 e. The summed E-state index contributed by atoms with van der Waals surface area (Å²) >= 11 is 0. The van der Waals surface area contributed by atoms with Crippen molar-refractivity contribution in [2.75, 3.05) is 4.90 Å². The Kier molecular flexibility index (Phi) is 5.08. The molecule has 0 unspecified atom stereocenters. The number of nitrogens with zero attached hydrogens (tertiary/aromatic N) is 2. The number of para-hydroxylation sites is 1. The zero-order valence-electron chi connectivity index (χ0n) is 16.0. The Morgan fingerprint density at radius 1 is 1.00 bits per heavy atom. The zero-order valence-corrected chi connectivity index (χ0v) is 16.0. The van der Waals surface area contributed by atoms with Crippen LogP contribution in [-0.2, 0) is 10.2 Å². The van der Waals surface area contributed by atoms with Gasteiger partial charge >= 0.3 is 0 Å². The highest BCUT2D eigenvalue weighted by molar-refractivity contribution is 6.01. The fourth-order valence-corrected chi connectivity index (χ4v) is 3.04. The first kappa shape index (κ1) is 18.1. The second kappa shape index (κ2) is 7.28. The summed E-state index contributed by atoms with van der Waals surface area (Å²) in [5.41, 5.74) is 4.02. The van der Waals surface area contributed by atoms with E-state index in [1.165, 1.54) is 5.56 Å². The maximum atomic E-state index is 12.7. The van der Waals surface area contributed by atoms with Crippen molar-refractivity contribution in [2.24, 2.45) is 0 Å². The molecule has 3 aromatic rings. The minimum Gasteiger partial charge on any atom is -0.280 e. The predicted molar refractivity (Wildman–Crippen MR) is 109 cm³/mol. The molecule has 0 fully saturated rings. The van der Waals surface area contributed by atoms with Gasteiger partial charge in [0.25, 0.3) is 0 Å². The van der Waals surface area contributed by atoms with Gasteiger partial charge in [-0.05, 0) is 41.7 Å². The number of benzene rings is 2. The highest BCUT2D eigenvalue weighted by Crippen LogP contribution is 2.32. The lowest BCUT2D eigenvalue weighted by Crippen LogP contribution is -2.25. The highest BCUT2D eigenvalue weighted by Gasteiger charge is 2.20. The van der Waals surface area contributed by atoms with Crippen LogP contribution in [0.2, 0.25) is 0 Å². The molecule has 3 rings (SSSR count). The van der Waals surface area contributed by atoms with E-state index in [4.69, 9.17) is 0 Å². The minimum absolute atomic E-state index is 0.0598. The third-order valence-corrected chi connectivity index (χ3v) is 5.18. The third-order valence-electron chi connectivity index (χ3n) is 5.18. The van der Waals surface area contributed by atoms with E-state index < -0.39 is 0 Å². The van der Waals surface area contributed by atoms with Crippen LogP contribution in [0.5, 0.6) is 0 Å². The number of carbonyl (C=O) groups is 1. The zero-order chi connectivity index (χ0) is 18.7. The Hall–Kier alpha value is -2.68. The van der Waals surface area contributed by atoms with Crippen molar-refractivity contribution >= 4 is 28.2 Å². The summed E-state index contributed by atoms with van der Waals surface area (Å²) in [6.45, 7) is 8.56. The van der Waals surface area contributed by atoms with Gasteiger partial charge in [0.1, 0.15) is 0 Å².